The summed E-state index contributed by atoms with van der Waals surface area (Å²) in [4.78, 5) is 67.6. The van der Waals surface area contributed by atoms with Crippen molar-refractivity contribution in [1.29, 1.82) is 0 Å². The molecule has 596 valence electrons. The summed E-state index contributed by atoms with van der Waals surface area (Å²) in [6, 6.07) is 0. The second kappa shape index (κ2) is 48.3. The van der Waals surface area contributed by atoms with E-state index in [2.05, 4.69) is 67.1 Å². The van der Waals surface area contributed by atoms with E-state index >= 15 is 0 Å². The van der Waals surface area contributed by atoms with Gasteiger partial charge in [0.25, 0.3) is 0 Å². The van der Waals surface area contributed by atoms with Crippen molar-refractivity contribution in [3.63, 3.8) is 0 Å². The van der Waals surface area contributed by atoms with Gasteiger partial charge in [-0.25, -0.2) is 4.79 Å². The maximum Gasteiger partial charge on any atom is 0.338 e. The molecule has 0 aromatic rings. The Balaban J connectivity index is 0. The number of halogens is 1. The lowest BCUT2D eigenvalue weighted by atomic mass is 9.87. The van der Waals surface area contributed by atoms with Gasteiger partial charge in [-0.3, -0.25) is 37.7 Å². The van der Waals surface area contributed by atoms with Gasteiger partial charge in [0, 0.05) is 90.0 Å². The fourth-order valence-electron chi connectivity index (χ4n) is 12.9. The Morgan fingerprint density at radius 2 is 1.00 bits per heavy atom. The predicted octanol–water partition coefficient (Wildman–Crippen LogP) is 13.4. The summed E-state index contributed by atoms with van der Waals surface area (Å²) in [6.07, 6.45) is 5.53. The summed E-state index contributed by atoms with van der Waals surface area (Å²) in [5.41, 5.74) is 1.32. The molecule has 28 heteroatoms. The van der Waals surface area contributed by atoms with E-state index in [9.17, 15) is 57.8 Å². The number of rotatable bonds is 26. The number of esters is 2. The minimum absolute atomic E-state index is 0.0165. The standard InChI is InChI=1S/2C11H23O5P.C11H21O5P.C9H17Cl.C9H18O.C9H14O.C8H14O2.C5H8O5/c1-6-10-8(2)9(3)11(12,16-10)7-17(13,14-4)15-5;2*1-6-10(12)8(2)9(3)11(13)7-17(14,15-4)16-5;3*1-4-8-5-9(10)7(3)6(8)2;1-4-7-5(2)6(3)8(9)10-7;6-1-2-3(7)4(8)5(9)10-2/h2*8-10,12H,6-7H2,1-5H3;8-9H,6-7H2,1-5H3;6-9H,4-5H2,1-3H3;6-10H,4-5H2,1-3H3;2*5-7H,4H2,1-3H3;2-4,6-8H,1H2/t8?,9?,10-,11-;8?,9?,10-;;2*6?,7?,8-,9-;;5?,6?,7-;2-,3?,4?/m00.00.00/s1. The highest BCUT2D eigenvalue weighted by molar-refractivity contribution is 7.55. The second-order valence-corrected chi connectivity index (χ2v) is 35.8. The van der Waals surface area contributed by atoms with Crippen LogP contribution in [0.3, 0.4) is 0 Å². The lowest BCUT2D eigenvalue weighted by Gasteiger charge is -2.29. The number of hydrogen-bond donors (Lipinski definition) is 6. The molecule has 3 aliphatic carbocycles. The summed E-state index contributed by atoms with van der Waals surface area (Å²) in [5, 5.41) is 56.1. The number of carbonyl (C=O) groups is 6. The van der Waals surface area contributed by atoms with Gasteiger partial charge < -0.3 is 72.0 Å². The minimum atomic E-state index is -3.33. The number of ether oxygens (including phenoxy) is 3. The SMILES string of the molecule is CCC(=O)C(C)C(C)C(=O)CP(=O)(OC)OC.CCC1=CC(=O)C(C)C1C.CC[C@@H]1OC(=O)C(C)C1C.CC[C@@H]1O[C@@](O)(CP(=O)(OC)OC)C(C)C1C.CC[C@H](O)C(C)C(C)C(=O)CP(=O)(OC)OC.CC[C@H]1C[C@H](Cl)C(C)C1C.CC[C@H]1C[C@H](O)C(C)C1C.O=C1O[C@@H](CO)C(O)C1O. The Labute approximate surface area is 612 Å². The molecule has 3 aliphatic heterocycles. The number of ketones is 4. The molecule has 3 saturated heterocycles. The van der Waals surface area contributed by atoms with Gasteiger partial charge in [-0.15, -0.1) is 11.6 Å². The fraction of sp³-hybridized carbons (Fsp3) is 0.890. The van der Waals surface area contributed by atoms with Gasteiger partial charge in [0.2, 0.25) is 0 Å². The van der Waals surface area contributed by atoms with Gasteiger partial charge in [-0.05, 0) is 97.9 Å². The van der Waals surface area contributed by atoms with Gasteiger partial charge >= 0.3 is 34.7 Å². The van der Waals surface area contributed by atoms with Gasteiger partial charge in [-0.1, -0.05) is 164 Å². The first-order valence-electron chi connectivity index (χ1n) is 36.5. The summed E-state index contributed by atoms with van der Waals surface area (Å²) in [5.74, 6) is 1.92. The van der Waals surface area contributed by atoms with Gasteiger partial charge in [0.1, 0.15) is 48.0 Å². The quantitative estimate of drug-likeness (QED) is 0.0266. The summed E-state index contributed by atoms with van der Waals surface area (Å²) in [6.45, 7) is 41.8. The van der Waals surface area contributed by atoms with Crippen LogP contribution < -0.4 is 0 Å². The minimum Gasteiger partial charge on any atom is -0.462 e. The van der Waals surface area contributed by atoms with E-state index in [4.69, 9.17) is 63.5 Å². The van der Waals surface area contributed by atoms with Crippen LogP contribution in [-0.4, -0.2) is 187 Å². The molecule has 3 heterocycles. The molecule has 0 spiro atoms. The van der Waals surface area contributed by atoms with Crippen molar-refractivity contribution in [2.24, 2.45) is 94.7 Å². The van der Waals surface area contributed by atoms with Crippen molar-refractivity contribution in [3.8, 4) is 0 Å². The molecule has 2 saturated carbocycles. The molecular formula is C73H138ClO24P3. The first-order chi connectivity index (χ1) is 46.8. The Morgan fingerprint density at radius 3 is 1.26 bits per heavy atom. The Hall–Kier alpha value is -2.18. The maximum atomic E-state index is 12.1. The highest BCUT2D eigenvalue weighted by atomic mass is 35.5. The maximum absolute atomic E-state index is 12.1. The Kier molecular flexibility index (Phi) is 48.2. The predicted molar refractivity (Wildman–Crippen MR) is 394 cm³/mol. The van der Waals surface area contributed by atoms with Crippen molar-refractivity contribution in [1.82, 2.24) is 0 Å². The molecule has 16 unspecified atom stereocenters. The number of aliphatic hydroxyl groups excluding tert-OH is 5. The molecule has 6 aliphatic rings. The third-order valence-electron chi connectivity index (χ3n) is 22.8. The molecule has 0 aromatic carbocycles. The van der Waals surface area contributed by atoms with Crippen LogP contribution in [0.25, 0.3) is 0 Å². The zero-order chi connectivity index (χ0) is 79.2. The van der Waals surface area contributed by atoms with E-state index in [0.717, 1.165) is 55.3 Å². The summed E-state index contributed by atoms with van der Waals surface area (Å²) < 4.78 is 79.3. The fourth-order valence-corrected chi connectivity index (χ4v) is 16.9. The molecule has 6 N–H and O–H groups in total. The third-order valence-corrected chi connectivity index (χ3v) is 29.0. The normalized spacial score (nSPS) is 32.7. The summed E-state index contributed by atoms with van der Waals surface area (Å²) in [7, 11) is -2.28. The highest BCUT2D eigenvalue weighted by Crippen LogP contribution is 2.54. The number of Topliss-reactive ketones (excluding diaryl/α,β-unsaturated/α-hetero) is 3. The monoisotopic (exact) mass is 1530 g/mol. The Bertz CT molecular complexity index is 2560. The molecule has 0 radical (unpaired) electrons. The molecule has 24 nitrogen and oxygen atoms in total. The highest BCUT2D eigenvalue weighted by Gasteiger charge is 2.53. The van der Waals surface area contributed by atoms with Gasteiger partial charge in [0.05, 0.1) is 30.8 Å². The zero-order valence-electron chi connectivity index (χ0n) is 66.4. The average molecular weight is 1530 g/mol. The molecule has 0 amide bonds. The Morgan fingerprint density at radius 1 is 0.564 bits per heavy atom. The number of aliphatic hydroxyl groups is 6. The van der Waals surface area contributed by atoms with E-state index in [1.54, 1.807) is 34.6 Å². The molecule has 25 atom stereocenters. The van der Waals surface area contributed by atoms with E-state index in [0.29, 0.717) is 41.8 Å². The number of carbonyl (C=O) groups excluding carboxylic acids is 6. The van der Waals surface area contributed by atoms with Crippen molar-refractivity contribution in [2.45, 2.75) is 257 Å². The first kappa shape index (κ1) is 101. The van der Waals surface area contributed by atoms with Crippen LogP contribution in [0.4, 0.5) is 0 Å². The average Bonchev–Trinajstić information content (AvgIpc) is 1.63. The van der Waals surface area contributed by atoms with Crippen molar-refractivity contribution >= 4 is 69.5 Å². The van der Waals surface area contributed by atoms with E-state index in [1.165, 1.54) is 67.5 Å². The van der Waals surface area contributed by atoms with Crippen LogP contribution in [0.1, 0.15) is 203 Å². The first-order valence-corrected chi connectivity index (χ1v) is 42.1. The molecule has 101 heavy (non-hydrogen) atoms. The van der Waals surface area contributed by atoms with Crippen LogP contribution >= 0.6 is 34.4 Å². The van der Waals surface area contributed by atoms with Gasteiger partial charge in [0.15, 0.2) is 23.8 Å². The molecule has 6 rings (SSSR count). The lowest BCUT2D eigenvalue weighted by molar-refractivity contribution is -0.194. The van der Waals surface area contributed by atoms with E-state index in [-0.39, 0.29) is 102 Å². The topological polar surface area (TPSA) is 358 Å². The number of hydrogen-bond acceptors (Lipinski definition) is 24. The summed E-state index contributed by atoms with van der Waals surface area (Å²) >= 11 is 6.13. The molecule has 5 fully saturated rings. The van der Waals surface area contributed by atoms with Crippen molar-refractivity contribution in [3.05, 3.63) is 11.6 Å². The molecular weight excluding hydrogens is 1390 g/mol. The van der Waals surface area contributed by atoms with Crippen molar-refractivity contribution in [2.75, 3.05) is 67.8 Å². The third kappa shape index (κ3) is 30.8. The van der Waals surface area contributed by atoms with Gasteiger partial charge in [-0.2, -0.15) is 0 Å². The lowest BCUT2D eigenvalue weighted by Crippen LogP contribution is -2.39. The number of allylic oxidation sites excluding steroid dienone is 2. The second-order valence-electron chi connectivity index (χ2n) is 28.4. The van der Waals surface area contributed by atoms with E-state index < -0.39 is 71.5 Å². The van der Waals surface area contributed by atoms with Crippen LogP contribution in [0.2, 0.25) is 0 Å². The molecule has 0 bridgehead atoms. The molecule has 0 aromatic heterocycles. The smallest absolute Gasteiger partial charge is 0.338 e. The van der Waals surface area contributed by atoms with Crippen LogP contribution in [-0.2, 0) is 83.8 Å². The zero-order valence-corrected chi connectivity index (χ0v) is 69.8. The van der Waals surface area contributed by atoms with Crippen LogP contribution in [0.15, 0.2) is 11.6 Å². The largest absolute Gasteiger partial charge is 0.462 e. The van der Waals surface area contributed by atoms with Crippen LogP contribution in [0.5, 0.6) is 0 Å². The number of alkyl halides is 1. The number of cyclic esters (lactones) is 2. The van der Waals surface area contributed by atoms with Crippen LogP contribution in [0, 0.1) is 94.7 Å². The van der Waals surface area contributed by atoms with Crippen molar-refractivity contribution < 1.29 is 114 Å². The van der Waals surface area contributed by atoms with E-state index in [1.807, 2.05) is 54.5 Å².